The van der Waals surface area contributed by atoms with E-state index in [1.54, 1.807) is 0 Å². The Morgan fingerprint density at radius 1 is 1.03 bits per heavy atom. The van der Waals surface area contributed by atoms with E-state index in [4.69, 9.17) is 0 Å². The smallest absolute Gasteiger partial charge is 0.227 e. The predicted octanol–water partition coefficient (Wildman–Crippen LogP) is 4.07. The Hall–Kier alpha value is -1.82. The minimum Gasteiger partial charge on any atom is -0.335 e. The quantitative estimate of drug-likeness (QED) is 0.548. The second-order valence-corrected chi connectivity index (χ2v) is 9.13. The number of carbonyl (C=O) groups excluding carboxylic acids is 1. The van der Waals surface area contributed by atoms with Crippen molar-refractivity contribution in [2.75, 3.05) is 19.6 Å². The van der Waals surface area contributed by atoms with Crippen LogP contribution in [0.2, 0.25) is 0 Å². The van der Waals surface area contributed by atoms with Crippen LogP contribution in [0, 0.1) is 29.3 Å². The van der Waals surface area contributed by atoms with Gasteiger partial charge in [0.15, 0.2) is 11.6 Å². The van der Waals surface area contributed by atoms with Gasteiger partial charge in [-0.15, -0.1) is 0 Å². The molecule has 0 N–H and O–H groups in total. The predicted molar refractivity (Wildman–Crippen MR) is 104 cm³/mol. The van der Waals surface area contributed by atoms with Gasteiger partial charge in [0.25, 0.3) is 0 Å². The molecule has 3 nitrogen and oxygen atoms in total. The molecule has 3 saturated heterocycles. The van der Waals surface area contributed by atoms with Crippen molar-refractivity contribution in [3.63, 3.8) is 0 Å². The largest absolute Gasteiger partial charge is 0.335 e. The highest BCUT2D eigenvalue weighted by Crippen LogP contribution is 2.45. The fourth-order valence-electron chi connectivity index (χ4n) is 6.22. The molecule has 1 aromatic rings. The van der Waals surface area contributed by atoms with Crippen molar-refractivity contribution in [2.24, 2.45) is 11.8 Å². The van der Waals surface area contributed by atoms with Crippen LogP contribution in [0.5, 0.6) is 0 Å². The number of amides is 1. The zero-order valence-electron chi connectivity index (χ0n) is 16.5. The maximum Gasteiger partial charge on any atom is 0.227 e. The summed E-state index contributed by atoms with van der Waals surface area (Å²) in [4.78, 5) is 17.6. The van der Waals surface area contributed by atoms with Crippen LogP contribution in [0.15, 0.2) is 23.8 Å². The highest BCUT2D eigenvalue weighted by atomic mass is 19.2. The second kappa shape index (κ2) is 7.46. The van der Waals surface area contributed by atoms with E-state index in [0.29, 0.717) is 30.5 Å². The highest BCUT2D eigenvalue weighted by Gasteiger charge is 2.46. The molecular weight excluding hydrogens is 377 g/mol. The Morgan fingerprint density at radius 2 is 1.86 bits per heavy atom. The van der Waals surface area contributed by atoms with Gasteiger partial charge in [-0.1, -0.05) is 18.1 Å². The summed E-state index contributed by atoms with van der Waals surface area (Å²) < 4.78 is 40.9. The van der Waals surface area contributed by atoms with E-state index >= 15 is 0 Å². The Kier molecular flexibility index (Phi) is 4.93. The third kappa shape index (κ3) is 3.39. The maximum absolute atomic E-state index is 14.1. The average molecular weight is 404 g/mol. The zero-order valence-corrected chi connectivity index (χ0v) is 16.5. The molecule has 29 heavy (non-hydrogen) atoms. The van der Waals surface area contributed by atoms with E-state index < -0.39 is 17.5 Å². The minimum absolute atomic E-state index is 0.0709. The van der Waals surface area contributed by atoms with Crippen LogP contribution in [0.25, 0.3) is 0 Å². The van der Waals surface area contributed by atoms with E-state index in [-0.39, 0.29) is 23.9 Å². The number of hydrogen-bond donors (Lipinski definition) is 0. The first-order valence-corrected chi connectivity index (χ1v) is 10.9. The molecule has 3 fully saturated rings. The monoisotopic (exact) mass is 404 g/mol. The molecule has 1 aromatic carbocycles. The molecule has 1 amide bonds. The van der Waals surface area contributed by atoms with Gasteiger partial charge < -0.3 is 4.90 Å². The van der Waals surface area contributed by atoms with Gasteiger partial charge in [-0.25, -0.2) is 13.2 Å². The van der Waals surface area contributed by atoms with E-state index in [9.17, 15) is 18.0 Å². The van der Waals surface area contributed by atoms with Crippen LogP contribution >= 0.6 is 0 Å². The number of hydrogen-bond acceptors (Lipinski definition) is 2. The Balaban J connectivity index is 1.39. The third-order valence-electron chi connectivity index (χ3n) is 7.41. The van der Waals surface area contributed by atoms with Crippen molar-refractivity contribution in [3.05, 3.63) is 46.8 Å². The number of fused-ring (bicyclic) bond motifs is 6. The molecule has 1 aliphatic carbocycles. The fraction of sp³-hybridized carbons (Fsp3) is 0.609. The first kappa shape index (κ1) is 19.2. The standard InChI is InChI=1S/C23H27F3N2O/c24-18-12-20(26)19(25)10-15(18)11-22(29)28-7-3-4-14-8-16-9-17(23(14)28)13-27-6-2-1-5-21(16)27/h8,10,12,16-17,21,23H,1-7,9,11,13H2/t16-,17+,21-,23+/m0/s1. The minimum atomic E-state index is -1.22. The number of nitrogens with zero attached hydrogens (tertiary/aromatic N) is 2. The van der Waals surface area contributed by atoms with Gasteiger partial charge >= 0.3 is 0 Å². The zero-order chi connectivity index (χ0) is 20.1. The summed E-state index contributed by atoms with van der Waals surface area (Å²) in [6.45, 7) is 2.81. The number of halogens is 3. The van der Waals surface area contributed by atoms with Crippen molar-refractivity contribution in [3.8, 4) is 0 Å². The van der Waals surface area contributed by atoms with E-state index in [0.717, 1.165) is 38.4 Å². The summed E-state index contributed by atoms with van der Waals surface area (Å²) in [6, 6.07) is 2.07. The fourth-order valence-corrected chi connectivity index (χ4v) is 6.22. The molecule has 4 aliphatic rings. The van der Waals surface area contributed by atoms with Gasteiger partial charge in [0.1, 0.15) is 5.82 Å². The Morgan fingerprint density at radius 3 is 2.72 bits per heavy atom. The van der Waals surface area contributed by atoms with Crippen molar-refractivity contribution in [1.82, 2.24) is 9.80 Å². The van der Waals surface area contributed by atoms with Gasteiger partial charge in [0.2, 0.25) is 5.91 Å². The molecule has 6 heteroatoms. The van der Waals surface area contributed by atoms with E-state index in [1.807, 2.05) is 4.90 Å². The van der Waals surface area contributed by atoms with Gasteiger partial charge in [-0.05, 0) is 56.6 Å². The average Bonchev–Trinajstić information content (AvgIpc) is 2.71. The molecule has 0 radical (unpaired) electrons. The van der Waals surface area contributed by atoms with E-state index in [2.05, 4.69) is 11.0 Å². The number of likely N-dealkylation sites (tertiary alicyclic amines) is 1. The topological polar surface area (TPSA) is 23.6 Å². The van der Waals surface area contributed by atoms with Gasteiger partial charge in [0.05, 0.1) is 12.5 Å². The molecule has 0 saturated carbocycles. The third-order valence-corrected chi connectivity index (χ3v) is 7.41. The molecule has 0 spiro atoms. The molecular formula is C23H27F3N2O. The molecule has 0 aromatic heterocycles. The summed E-state index contributed by atoms with van der Waals surface area (Å²) in [5.74, 6) is -2.39. The molecule has 5 rings (SSSR count). The van der Waals surface area contributed by atoms with Crippen molar-refractivity contribution in [1.29, 1.82) is 0 Å². The molecule has 156 valence electrons. The van der Waals surface area contributed by atoms with Crippen molar-refractivity contribution < 1.29 is 18.0 Å². The lowest BCUT2D eigenvalue weighted by Gasteiger charge is -2.54. The lowest BCUT2D eigenvalue weighted by atomic mass is 9.68. The normalized spacial score (nSPS) is 31.7. The van der Waals surface area contributed by atoms with Crippen LogP contribution in [-0.4, -0.2) is 47.4 Å². The molecule has 0 unspecified atom stereocenters. The molecule has 2 bridgehead atoms. The first-order valence-electron chi connectivity index (χ1n) is 10.9. The summed E-state index contributed by atoms with van der Waals surface area (Å²) in [5.41, 5.74) is 1.29. The highest BCUT2D eigenvalue weighted by molar-refractivity contribution is 5.80. The van der Waals surface area contributed by atoms with Gasteiger partial charge in [-0.2, -0.15) is 0 Å². The van der Waals surface area contributed by atoms with Crippen LogP contribution in [0.3, 0.4) is 0 Å². The lowest BCUT2D eigenvalue weighted by Crippen LogP contribution is -2.60. The van der Waals surface area contributed by atoms with Crippen LogP contribution < -0.4 is 0 Å². The van der Waals surface area contributed by atoms with Crippen LogP contribution in [0.1, 0.15) is 44.1 Å². The molecule has 3 heterocycles. The SMILES string of the molecule is O=C(Cc1cc(F)c(F)cc1F)N1CCCC2=C[C@H]3C[C@H](CN4CCCC[C@@H]34)[C@@H]21. The van der Waals surface area contributed by atoms with Gasteiger partial charge in [0, 0.05) is 30.8 Å². The summed E-state index contributed by atoms with van der Waals surface area (Å²) in [5, 5.41) is 0. The van der Waals surface area contributed by atoms with Gasteiger partial charge in [-0.3, -0.25) is 9.69 Å². The van der Waals surface area contributed by atoms with Crippen LogP contribution in [0.4, 0.5) is 13.2 Å². The van der Waals surface area contributed by atoms with Crippen molar-refractivity contribution >= 4 is 5.91 Å². The number of piperidine rings is 3. The maximum atomic E-state index is 14.1. The first-order chi connectivity index (χ1) is 14.0. The second-order valence-electron chi connectivity index (χ2n) is 9.13. The number of carbonyl (C=O) groups is 1. The number of rotatable bonds is 2. The Bertz CT molecular complexity index is 855. The summed E-state index contributed by atoms with van der Waals surface area (Å²) in [6.07, 6.45) is 9.06. The van der Waals surface area contributed by atoms with Crippen molar-refractivity contribution in [2.45, 2.75) is 57.0 Å². The Labute approximate surface area is 169 Å². The lowest BCUT2D eigenvalue weighted by molar-refractivity contribution is -0.135. The summed E-state index contributed by atoms with van der Waals surface area (Å²) >= 11 is 0. The number of benzene rings is 1. The summed E-state index contributed by atoms with van der Waals surface area (Å²) in [7, 11) is 0. The molecule has 3 aliphatic heterocycles. The van der Waals surface area contributed by atoms with Crippen LogP contribution in [-0.2, 0) is 11.2 Å². The van der Waals surface area contributed by atoms with E-state index in [1.165, 1.54) is 24.8 Å². The molecule has 4 atom stereocenters.